The van der Waals surface area contributed by atoms with E-state index >= 15 is 0 Å². The second kappa shape index (κ2) is 6.39. The van der Waals surface area contributed by atoms with E-state index in [0.29, 0.717) is 0 Å². The molecule has 0 fully saturated rings. The Morgan fingerprint density at radius 3 is 2.60 bits per heavy atom. The first-order valence-electron chi connectivity index (χ1n) is 6.54. The highest BCUT2D eigenvalue weighted by atomic mass is 16.5. The molecular weight excluding hydrogens is 254 g/mol. The van der Waals surface area contributed by atoms with Gasteiger partial charge in [-0.25, -0.2) is 4.79 Å². The highest BCUT2D eigenvalue weighted by Crippen LogP contribution is 2.23. The summed E-state index contributed by atoms with van der Waals surface area (Å²) in [5.74, 6) is 0.542. The van der Waals surface area contributed by atoms with E-state index in [4.69, 9.17) is 4.42 Å². The van der Waals surface area contributed by atoms with Gasteiger partial charge in [-0.3, -0.25) is 4.90 Å². The van der Waals surface area contributed by atoms with Crippen molar-refractivity contribution in [2.45, 2.75) is 19.5 Å². The molecule has 0 spiro atoms. The van der Waals surface area contributed by atoms with Gasteiger partial charge in [0.1, 0.15) is 5.76 Å². The van der Waals surface area contributed by atoms with Gasteiger partial charge in [0.25, 0.3) is 0 Å². The molecule has 0 aliphatic rings. The summed E-state index contributed by atoms with van der Waals surface area (Å²) in [6.07, 6.45) is 0. The number of nitrogens with zero attached hydrogens (tertiary/aromatic N) is 1. The van der Waals surface area contributed by atoms with Gasteiger partial charge in [-0.15, -0.1) is 0 Å². The van der Waals surface area contributed by atoms with E-state index in [1.165, 1.54) is 12.7 Å². The van der Waals surface area contributed by atoms with Crippen LogP contribution in [0.15, 0.2) is 46.9 Å². The third-order valence-corrected chi connectivity index (χ3v) is 3.36. The second-order valence-corrected chi connectivity index (χ2v) is 4.77. The zero-order chi connectivity index (χ0) is 14.5. The minimum atomic E-state index is -0.450. The number of methoxy groups -OCH3 is 1. The molecule has 1 atom stereocenters. The Morgan fingerprint density at radius 1 is 1.25 bits per heavy atom. The molecule has 0 N–H and O–H groups in total. The van der Waals surface area contributed by atoms with E-state index in [1.807, 2.05) is 38.2 Å². The van der Waals surface area contributed by atoms with Gasteiger partial charge in [-0.2, -0.15) is 0 Å². The number of hydrogen-bond donors (Lipinski definition) is 0. The largest absolute Gasteiger partial charge is 0.463 e. The molecule has 2 aromatic rings. The first-order valence-corrected chi connectivity index (χ1v) is 6.54. The fraction of sp³-hybridized carbons (Fsp3) is 0.312. The summed E-state index contributed by atoms with van der Waals surface area (Å²) >= 11 is 0. The number of benzene rings is 1. The van der Waals surface area contributed by atoms with Gasteiger partial charge in [0.15, 0.2) is 0 Å². The lowest BCUT2D eigenvalue weighted by Crippen LogP contribution is -2.21. The van der Waals surface area contributed by atoms with Crippen molar-refractivity contribution >= 4 is 5.97 Å². The van der Waals surface area contributed by atoms with Crippen LogP contribution in [0.1, 0.15) is 34.8 Å². The molecule has 106 valence electrons. The van der Waals surface area contributed by atoms with Gasteiger partial charge in [-0.05, 0) is 31.7 Å². The molecule has 0 amide bonds. The maximum Gasteiger partial charge on any atom is 0.373 e. The molecule has 1 aromatic heterocycles. The number of ether oxygens (including phenoxy) is 1. The standard InChI is InChI=1S/C16H19NO3/c1-12(14-9-10-15(20-14)16(18)19-3)17(2)11-13-7-5-4-6-8-13/h4-10,12H,11H2,1-3H3. The third kappa shape index (κ3) is 3.27. The molecular formula is C16H19NO3. The molecule has 4 heteroatoms. The molecule has 0 aliphatic carbocycles. The summed E-state index contributed by atoms with van der Waals surface area (Å²) in [6.45, 7) is 2.86. The molecule has 0 saturated heterocycles. The first kappa shape index (κ1) is 14.3. The van der Waals surface area contributed by atoms with Crippen LogP contribution in [0.5, 0.6) is 0 Å². The van der Waals surface area contributed by atoms with Crippen LogP contribution >= 0.6 is 0 Å². The van der Waals surface area contributed by atoms with Gasteiger partial charge in [0.05, 0.1) is 13.2 Å². The Kier molecular flexibility index (Phi) is 4.58. The lowest BCUT2D eigenvalue weighted by molar-refractivity contribution is 0.0559. The van der Waals surface area contributed by atoms with Gasteiger partial charge < -0.3 is 9.15 Å². The van der Waals surface area contributed by atoms with Crippen molar-refractivity contribution in [2.75, 3.05) is 14.2 Å². The predicted octanol–water partition coefficient (Wildman–Crippen LogP) is 3.26. The lowest BCUT2D eigenvalue weighted by atomic mass is 10.1. The average molecular weight is 273 g/mol. The van der Waals surface area contributed by atoms with Crippen LogP contribution in [0.3, 0.4) is 0 Å². The van der Waals surface area contributed by atoms with Crippen LogP contribution in [0.2, 0.25) is 0 Å². The highest BCUT2D eigenvalue weighted by Gasteiger charge is 2.18. The predicted molar refractivity (Wildman–Crippen MR) is 76.4 cm³/mol. The Labute approximate surface area is 119 Å². The first-order chi connectivity index (χ1) is 9.61. The fourth-order valence-corrected chi connectivity index (χ4v) is 2.01. The minimum absolute atomic E-state index is 0.0774. The van der Waals surface area contributed by atoms with E-state index in [2.05, 4.69) is 21.8 Å². The molecule has 1 unspecified atom stereocenters. The molecule has 1 heterocycles. The average Bonchev–Trinajstić information content (AvgIpc) is 2.96. The van der Waals surface area contributed by atoms with Crippen LogP contribution in [-0.2, 0) is 11.3 Å². The summed E-state index contributed by atoms with van der Waals surface area (Å²) in [5, 5.41) is 0. The van der Waals surface area contributed by atoms with Gasteiger partial charge in [0, 0.05) is 6.54 Å². The number of carbonyl (C=O) groups excluding carboxylic acids is 1. The highest BCUT2D eigenvalue weighted by molar-refractivity contribution is 5.86. The second-order valence-electron chi connectivity index (χ2n) is 4.77. The van der Waals surface area contributed by atoms with Gasteiger partial charge in [0.2, 0.25) is 5.76 Å². The van der Waals surface area contributed by atoms with E-state index in [9.17, 15) is 4.79 Å². The Morgan fingerprint density at radius 2 is 1.95 bits per heavy atom. The van der Waals surface area contributed by atoms with Crippen molar-refractivity contribution in [2.24, 2.45) is 0 Å². The molecule has 1 aromatic carbocycles. The lowest BCUT2D eigenvalue weighted by Gasteiger charge is -2.23. The van der Waals surface area contributed by atoms with E-state index in [1.54, 1.807) is 6.07 Å². The Balaban J connectivity index is 2.05. The third-order valence-electron chi connectivity index (χ3n) is 3.36. The van der Waals surface area contributed by atoms with Crippen LogP contribution in [0, 0.1) is 0 Å². The van der Waals surface area contributed by atoms with Crippen molar-refractivity contribution < 1.29 is 13.9 Å². The molecule has 0 radical (unpaired) electrons. The molecule has 20 heavy (non-hydrogen) atoms. The number of rotatable bonds is 5. The Bertz CT molecular complexity index is 562. The number of furan rings is 1. The monoisotopic (exact) mass is 273 g/mol. The zero-order valence-corrected chi connectivity index (χ0v) is 12.0. The summed E-state index contributed by atoms with van der Waals surface area (Å²) in [5.41, 5.74) is 1.24. The maximum atomic E-state index is 11.4. The minimum Gasteiger partial charge on any atom is -0.463 e. The number of carbonyl (C=O) groups is 1. The Hall–Kier alpha value is -2.07. The SMILES string of the molecule is COC(=O)c1ccc(C(C)N(C)Cc2ccccc2)o1. The van der Waals surface area contributed by atoms with Crippen LogP contribution < -0.4 is 0 Å². The van der Waals surface area contributed by atoms with Crippen molar-refractivity contribution in [3.63, 3.8) is 0 Å². The van der Waals surface area contributed by atoms with Crippen molar-refractivity contribution in [3.8, 4) is 0 Å². The molecule has 0 aliphatic heterocycles. The van der Waals surface area contributed by atoms with Crippen LogP contribution in [-0.4, -0.2) is 25.0 Å². The molecule has 0 saturated carbocycles. The maximum absolute atomic E-state index is 11.4. The summed E-state index contributed by atoms with van der Waals surface area (Å²) in [7, 11) is 3.37. The normalized spacial score (nSPS) is 12.4. The van der Waals surface area contributed by atoms with E-state index in [0.717, 1.165) is 12.3 Å². The summed E-state index contributed by atoms with van der Waals surface area (Å²) < 4.78 is 10.2. The quantitative estimate of drug-likeness (QED) is 0.784. The number of hydrogen-bond acceptors (Lipinski definition) is 4. The van der Waals surface area contributed by atoms with Crippen molar-refractivity contribution in [1.29, 1.82) is 0 Å². The van der Waals surface area contributed by atoms with Gasteiger partial charge >= 0.3 is 5.97 Å². The van der Waals surface area contributed by atoms with Crippen molar-refractivity contribution in [3.05, 3.63) is 59.5 Å². The number of esters is 1. The zero-order valence-electron chi connectivity index (χ0n) is 12.0. The van der Waals surface area contributed by atoms with Gasteiger partial charge in [-0.1, -0.05) is 30.3 Å². The molecule has 0 bridgehead atoms. The molecule has 4 nitrogen and oxygen atoms in total. The van der Waals surface area contributed by atoms with E-state index < -0.39 is 5.97 Å². The van der Waals surface area contributed by atoms with Crippen LogP contribution in [0.25, 0.3) is 0 Å². The molecule has 2 rings (SSSR count). The van der Waals surface area contributed by atoms with Crippen molar-refractivity contribution in [1.82, 2.24) is 4.90 Å². The summed E-state index contributed by atoms with van der Waals surface area (Å²) in [4.78, 5) is 13.5. The smallest absolute Gasteiger partial charge is 0.373 e. The van der Waals surface area contributed by atoms with E-state index in [-0.39, 0.29) is 11.8 Å². The topological polar surface area (TPSA) is 42.7 Å². The fourth-order valence-electron chi connectivity index (χ4n) is 2.01. The summed E-state index contributed by atoms with van der Waals surface area (Å²) in [6, 6.07) is 13.8. The van der Waals surface area contributed by atoms with Crippen LogP contribution in [0.4, 0.5) is 0 Å².